The van der Waals surface area contributed by atoms with Crippen LogP contribution in [0.15, 0.2) is 53.0 Å². The highest BCUT2D eigenvalue weighted by Gasteiger charge is 2.18. The van der Waals surface area contributed by atoms with Crippen molar-refractivity contribution in [2.45, 2.75) is 26.7 Å². The normalized spacial score (nSPS) is 10.3. The molecule has 0 aromatic heterocycles. The molecule has 138 valence electrons. The number of unbranched alkanes of at least 4 members (excludes halogenated alkanes) is 1. The molecule has 0 unspecified atom stereocenters. The highest BCUT2D eigenvalue weighted by atomic mass is 79.9. The molecule has 0 atom stereocenters. The average molecular weight is 435 g/mol. The molecule has 1 amide bonds. The fourth-order valence-corrected chi connectivity index (χ4v) is 3.10. The number of amides is 1. The van der Waals surface area contributed by atoms with Gasteiger partial charge in [-0.25, -0.2) is 0 Å². The van der Waals surface area contributed by atoms with E-state index in [1.54, 1.807) is 12.1 Å². The molecule has 0 spiro atoms. The van der Waals surface area contributed by atoms with Crippen LogP contribution in [0.25, 0.3) is 0 Å². The number of hydrogen-bond acceptors (Lipinski definition) is 3. The van der Waals surface area contributed by atoms with Crippen LogP contribution in [0.2, 0.25) is 0 Å². The molecule has 0 bridgehead atoms. The summed E-state index contributed by atoms with van der Waals surface area (Å²) >= 11 is 8.87. The fraction of sp³-hybridized carbons (Fsp3) is 0.300. The lowest BCUT2D eigenvalue weighted by Gasteiger charge is -2.24. The average Bonchev–Trinajstić information content (AvgIpc) is 2.64. The number of carbonyl (C=O) groups is 1. The van der Waals surface area contributed by atoms with E-state index in [0.29, 0.717) is 29.6 Å². The van der Waals surface area contributed by atoms with E-state index >= 15 is 0 Å². The van der Waals surface area contributed by atoms with E-state index in [2.05, 4.69) is 28.2 Å². The molecular formula is C20H23BrN2O2S. The van der Waals surface area contributed by atoms with E-state index in [4.69, 9.17) is 17.0 Å². The van der Waals surface area contributed by atoms with Crippen molar-refractivity contribution < 1.29 is 9.53 Å². The highest BCUT2D eigenvalue weighted by Crippen LogP contribution is 2.24. The minimum absolute atomic E-state index is 0.280. The molecule has 0 fully saturated rings. The van der Waals surface area contributed by atoms with Gasteiger partial charge in [0.1, 0.15) is 5.75 Å². The molecule has 2 rings (SSSR count). The smallest absolute Gasteiger partial charge is 0.261 e. The lowest BCUT2D eigenvalue weighted by Crippen LogP contribution is -2.42. The first kappa shape index (κ1) is 20.4. The second-order valence-corrected chi connectivity index (χ2v) is 6.98. The second-order valence-electron chi connectivity index (χ2n) is 5.68. The summed E-state index contributed by atoms with van der Waals surface area (Å²) in [5, 5.41) is 3.19. The Kier molecular flexibility index (Phi) is 8.06. The molecule has 6 heteroatoms. The molecule has 0 aliphatic heterocycles. The summed E-state index contributed by atoms with van der Waals surface area (Å²) < 4.78 is 6.58. The summed E-state index contributed by atoms with van der Waals surface area (Å²) in [6, 6.07) is 15.1. The van der Waals surface area contributed by atoms with Gasteiger partial charge in [-0.05, 0) is 55.9 Å². The minimum Gasteiger partial charge on any atom is -0.493 e. The predicted molar refractivity (Wildman–Crippen MR) is 114 cm³/mol. The number of thiocarbonyl (C=S) groups is 1. The first-order valence-electron chi connectivity index (χ1n) is 8.67. The Morgan fingerprint density at radius 3 is 2.58 bits per heavy atom. The van der Waals surface area contributed by atoms with Crippen LogP contribution >= 0.6 is 28.1 Å². The summed E-state index contributed by atoms with van der Waals surface area (Å²) in [6.07, 6.45) is 1.97. The van der Waals surface area contributed by atoms with E-state index in [-0.39, 0.29) is 5.91 Å². The van der Waals surface area contributed by atoms with Gasteiger partial charge in [0, 0.05) is 16.7 Å². The Balaban J connectivity index is 2.15. The Hall–Kier alpha value is -1.92. The van der Waals surface area contributed by atoms with Crippen LogP contribution in [0.5, 0.6) is 5.75 Å². The first-order chi connectivity index (χ1) is 12.6. The van der Waals surface area contributed by atoms with E-state index in [9.17, 15) is 4.79 Å². The van der Waals surface area contributed by atoms with E-state index in [1.807, 2.05) is 48.2 Å². The van der Waals surface area contributed by atoms with Gasteiger partial charge in [0.15, 0.2) is 5.11 Å². The first-order valence-corrected chi connectivity index (χ1v) is 9.87. The number of ether oxygens (including phenoxy) is 1. The van der Waals surface area contributed by atoms with Gasteiger partial charge in [0.05, 0.1) is 12.2 Å². The monoisotopic (exact) mass is 434 g/mol. The van der Waals surface area contributed by atoms with Crippen LogP contribution < -0.4 is 15.0 Å². The van der Waals surface area contributed by atoms with Gasteiger partial charge in [0.2, 0.25) is 0 Å². The second kappa shape index (κ2) is 10.3. The Morgan fingerprint density at radius 2 is 1.92 bits per heavy atom. The molecule has 4 nitrogen and oxygen atoms in total. The third kappa shape index (κ3) is 5.54. The summed E-state index contributed by atoms with van der Waals surface area (Å²) in [5.74, 6) is 0.280. The van der Waals surface area contributed by atoms with Crippen LogP contribution in [0.3, 0.4) is 0 Å². The summed E-state index contributed by atoms with van der Waals surface area (Å²) in [5.41, 5.74) is 1.40. The minimum atomic E-state index is -0.280. The van der Waals surface area contributed by atoms with Crippen LogP contribution in [-0.2, 0) is 0 Å². The van der Waals surface area contributed by atoms with Crippen molar-refractivity contribution in [2.24, 2.45) is 0 Å². The van der Waals surface area contributed by atoms with Crippen molar-refractivity contribution in [3.63, 3.8) is 0 Å². The molecular weight excluding hydrogens is 412 g/mol. The number of benzene rings is 2. The predicted octanol–water partition coefficient (Wildman–Crippen LogP) is 5.17. The van der Waals surface area contributed by atoms with Gasteiger partial charge < -0.3 is 9.64 Å². The molecule has 1 N–H and O–H groups in total. The SMILES string of the molecule is CCCCOc1ccc(Br)cc1C(=O)NC(=S)N(CC)c1ccccc1. The zero-order chi connectivity index (χ0) is 18.9. The molecule has 0 saturated carbocycles. The quantitative estimate of drug-likeness (QED) is 0.481. The molecule has 26 heavy (non-hydrogen) atoms. The number of carbonyl (C=O) groups excluding carboxylic acids is 1. The van der Waals surface area contributed by atoms with Crippen LogP contribution in [0.1, 0.15) is 37.0 Å². The topological polar surface area (TPSA) is 41.6 Å². The lowest BCUT2D eigenvalue weighted by molar-refractivity contribution is 0.0973. The third-order valence-corrected chi connectivity index (χ3v) is 4.61. The summed E-state index contributed by atoms with van der Waals surface area (Å²) in [7, 11) is 0. The molecule has 0 aliphatic carbocycles. The third-order valence-electron chi connectivity index (χ3n) is 3.79. The van der Waals surface area contributed by atoms with Gasteiger partial charge in [-0.15, -0.1) is 0 Å². The Labute approximate surface area is 168 Å². The number of halogens is 1. The number of rotatable bonds is 7. The van der Waals surface area contributed by atoms with Crippen molar-refractivity contribution >= 4 is 44.9 Å². The zero-order valence-electron chi connectivity index (χ0n) is 15.0. The summed E-state index contributed by atoms with van der Waals surface area (Å²) in [4.78, 5) is 14.7. The summed E-state index contributed by atoms with van der Waals surface area (Å²) in [6.45, 7) is 5.32. The Bertz CT molecular complexity index is 753. The maximum atomic E-state index is 12.8. The highest BCUT2D eigenvalue weighted by molar-refractivity contribution is 9.10. The van der Waals surface area contributed by atoms with Gasteiger partial charge >= 0.3 is 0 Å². The maximum absolute atomic E-state index is 12.8. The lowest BCUT2D eigenvalue weighted by atomic mass is 10.2. The van der Waals surface area contributed by atoms with E-state index in [0.717, 1.165) is 23.0 Å². The van der Waals surface area contributed by atoms with Crippen LogP contribution in [0, 0.1) is 0 Å². The van der Waals surface area contributed by atoms with Crippen molar-refractivity contribution in [3.8, 4) is 5.75 Å². The van der Waals surface area contributed by atoms with Gasteiger partial charge in [-0.1, -0.05) is 47.5 Å². The maximum Gasteiger partial charge on any atom is 0.261 e. The van der Waals surface area contributed by atoms with Crippen LogP contribution in [-0.4, -0.2) is 24.2 Å². The fourth-order valence-electron chi connectivity index (χ4n) is 2.42. The molecule has 0 heterocycles. The number of para-hydroxylation sites is 1. The van der Waals surface area contributed by atoms with Crippen molar-refractivity contribution in [1.82, 2.24) is 5.32 Å². The van der Waals surface area contributed by atoms with Crippen molar-refractivity contribution in [2.75, 3.05) is 18.1 Å². The molecule has 0 saturated heterocycles. The number of hydrogen-bond donors (Lipinski definition) is 1. The van der Waals surface area contributed by atoms with Crippen LogP contribution in [0.4, 0.5) is 5.69 Å². The van der Waals surface area contributed by atoms with Gasteiger partial charge in [-0.3, -0.25) is 10.1 Å². The number of nitrogens with zero attached hydrogens (tertiary/aromatic N) is 1. The Morgan fingerprint density at radius 1 is 1.19 bits per heavy atom. The van der Waals surface area contributed by atoms with Gasteiger partial charge in [0.25, 0.3) is 5.91 Å². The molecule has 0 radical (unpaired) electrons. The van der Waals surface area contributed by atoms with Crippen molar-refractivity contribution in [3.05, 3.63) is 58.6 Å². The van der Waals surface area contributed by atoms with E-state index in [1.165, 1.54) is 0 Å². The number of anilines is 1. The van der Waals surface area contributed by atoms with E-state index < -0.39 is 0 Å². The van der Waals surface area contributed by atoms with Crippen molar-refractivity contribution in [1.29, 1.82) is 0 Å². The standard InChI is InChI=1S/C20H23BrN2O2S/c1-3-5-13-25-18-12-11-15(21)14-17(18)19(24)22-20(26)23(4-2)16-9-7-6-8-10-16/h6-12,14H,3-5,13H2,1-2H3,(H,22,24,26). The zero-order valence-corrected chi connectivity index (χ0v) is 17.4. The largest absolute Gasteiger partial charge is 0.493 e. The molecule has 2 aromatic carbocycles. The van der Waals surface area contributed by atoms with Gasteiger partial charge in [-0.2, -0.15) is 0 Å². The molecule has 2 aromatic rings. The number of nitrogens with one attached hydrogen (secondary N) is 1. The molecule has 0 aliphatic rings.